The van der Waals surface area contributed by atoms with Gasteiger partial charge in [0.25, 0.3) is 0 Å². The molecule has 2 N–H and O–H groups in total. The number of hydrogen-bond acceptors (Lipinski definition) is 6. The summed E-state index contributed by atoms with van der Waals surface area (Å²) < 4.78 is 0. The SMILES string of the molecule is CNCC(CNC)([N+](=O)[O-])[N+](=O)[O-]. The van der Waals surface area contributed by atoms with Crippen LogP contribution in [0.1, 0.15) is 0 Å². The first-order valence-electron chi connectivity index (χ1n) is 3.59. The van der Waals surface area contributed by atoms with Crippen LogP contribution < -0.4 is 10.6 Å². The molecule has 8 nitrogen and oxygen atoms in total. The Morgan fingerprint density at radius 2 is 1.38 bits per heavy atom. The van der Waals surface area contributed by atoms with E-state index in [0.717, 1.165) is 0 Å². The van der Waals surface area contributed by atoms with Crippen molar-refractivity contribution in [3.63, 3.8) is 0 Å². The molecule has 0 atom stereocenters. The van der Waals surface area contributed by atoms with Crippen LogP contribution in [-0.2, 0) is 0 Å². The van der Waals surface area contributed by atoms with Gasteiger partial charge in [-0.3, -0.25) is 20.2 Å². The fraction of sp³-hybridized carbons (Fsp3) is 1.00. The van der Waals surface area contributed by atoms with E-state index in [0.29, 0.717) is 0 Å². The standard InChI is InChI=1S/C5H12N4O4/c1-6-3-5(4-7-2,8(10)11)9(12)13/h6-7H,3-4H2,1-2H3. The number of likely N-dealkylation sites (N-methyl/N-ethyl adjacent to an activating group) is 2. The number of rotatable bonds is 6. The highest BCUT2D eigenvalue weighted by atomic mass is 16.7. The molecule has 76 valence electrons. The molecule has 13 heavy (non-hydrogen) atoms. The van der Waals surface area contributed by atoms with Crippen molar-refractivity contribution in [3.8, 4) is 0 Å². The fourth-order valence-corrected chi connectivity index (χ4v) is 0.954. The van der Waals surface area contributed by atoms with Crippen LogP contribution in [0.2, 0.25) is 0 Å². The van der Waals surface area contributed by atoms with Gasteiger partial charge in [0, 0.05) is 0 Å². The Morgan fingerprint density at radius 3 is 1.54 bits per heavy atom. The minimum absolute atomic E-state index is 0.312. The number of nitro groups is 2. The molecule has 0 unspecified atom stereocenters. The average Bonchev–Trinajstić information content (AvgIpc) is 2.03. The zero-order chi connectivity index (χ0) is 10.5. The Labute approximate surface area is 74.6 Å². The van der Waals surface area contributed by atoms with Crippen LogP contribution in [0.4, 0.5) is 0 Å². The Balaban J connectivity index is 4.80. The number of hydrogen-bond donors (Lipinski definition) is 2. The highest BCUT2D eigenvalue weighted by molar-refractivity contribution is 4.71. The molecule has 0 saturated heterocycles. The Morgan fingerprint density at radius 1 is 1.08 bits per heavy atom. The molecule has 0 radical (unpaired) electrons. The monoisotopic (exact) mass is 192 g/mol. The van der Waals surface area contributed by atoms with Crippen LogP contribution in [0.15, 0.2) is 0 Å². The molecule has 0 aliphatic carbocycles. The topological polar surface area (TPSA) is 110 Å². The van der Waals surface area contributed by atoms with Gasteiger partial charge in [0.1, 0.15) is 22.9 Å². The second-order valence-corrected chi connectivity index (χ2v) is 2.56. The Kier molecular flexibility index (Phi) is 4.21. The van der Waals surface area contributed by atoms with Crippen molar-refractivity contribution in [2.75, 3.05) is 27.2 Å². The van der Waals surface area contributed by atoms with Crippen molar-refractivity contribution < 1.29 is 9.85 Å². The van der Waals surface area contributed by atoms with Crippen molar-refractivity contribution in [1.29, 1.82) is 0 Å². The Bertz CT molecular complexity index is 185. The molecule has 0 aromatic carbocycles. The van der Waals surface area contributed by atoms with E-state index in [1.54, 1.807) is 0 Å². The van der Waals surface area contributed by atoms with Crippen molar-refractivity contribution in [1.82, 2.24) is 10.6 Å². The third-order valence-corrected chi connectivity index (χ3v) is 1.60. The summed E-state index contributed by atoms with van der Waals surface area (Å²) in [5, 5.41) is 25.9. The number of nitrogens with one attached hydrogen (secondary N) is 2. The lowest BCUT2D eigenvalue weighted by Gasteiger charge is -2.15. The predicted octanol–water partition coefficient (Wildman–Crippen LogP) is -1.33. The third-order valence-electron chi connectivity index (χ3n) is 1.60. The minimum atomic E-state index is -2.18. The highest BCUT2D eigenvalue weighted by Gasteiger charge is 2.54. The van der Waals surface area contributed by atoms with Crippen molar-refractivity contribution in [3.05, 3.63) is 20.2 Å². The lowest BCUT2D eigenvalue weighted by Crippen LogP contribution is -2.58. The third kappa shape index (κ3) is 2.33. The zero-order valence-electron chi connectivity index (χ0n) is 7.44. The van der Waals surface area contributed by atoms with Gasteiger partial charge in [-0.1, -0.05) is 0 Å². The first kappa shape index (κ1) is 11.7. The van der Waals surface area contributed by atoms with Crippen LogP contribution in [0.3, 0.4) is 0 Å². The zero-order valence-corrected chi connectivity index (χ0v) is 7.44. The minimum Gasteiger partial charge on any atom is -0.307 e. The van der Waals surface area contributed by atoms with E-state index in [1.165, 1.54) is 14.1 Å². The maximum Gasteiger partial charge on any atom is 0.482 e. The molecule has 0 amide bonds. The Hall–Kier alpha value is -1.28. The summed E-state index contributed by atoms with van der Waals surface area (Å²) in [7, 11) is 2.86. The predicted molar refractivity (Wildman–Crippen MR) is 44.6 cm³/mol. The van der Waals surface area contributed by atoms with E-state index in [9.17, 15) is 20.2 Å². The van der Waals surface area contributed by atoms with Crippen LogP contribution in [-0.4, -0.2) is 42.7 Å². The molecule has 0 heterocycles. The second kappa shape index (κ2) is 4.67. The van der Waals surface area contributed by atoms with Crippen LogP contribution >= 0.6 is 0 Å². The van der Waals surface area contributed by atoms with Gasteiger partial charge >= 0.3 is 5.66 Å². The van der Waals surface area contributed by atoms with Crippen molar-refractivity contribution >= 4 is 0 Å². The van der Waals surface area contributed by atoms with Crippen LogP contribution in [0.25, 0.3) is 0 Å². The molecule has 0 saturated carbocycles. The van der Waals surface area contributed by atoms with Gasteiger partial charge in [0.2, 0.25) is 0 Å². The van der Waals surface area contributed by atoms with Gasteiger partial charge in [-0.2, -0.15) is 0 Å². The van der Waals surface area contributed by atoms with Gasteiger partial charge in [-0.25, -0.2) is 0 Å². The van der Waals surface area contributed by atoms with E-state index in [-0.39, 0.29) is 13.1 Å². The fourth-order valence-electron chi connectivity index (χ4n) is 0.954. The van der Waals surface area contributed by atoms with E-state index < -0.39 is 15.5 Å². The molecule has 8 heteroatoms. The molecular weight excluding hydrogens is 180 g/mol. The van der Waals surface area contributed by atoms with Crippen molar-refractivity contribution in [2.45, 2.75) is 5.66 Å². The van der Waals surface area contributed by atoms with Crippen LogP contribution in [0.5, 0.6) is 0 Å². The summed E-state index contributed by atoms with van der Waals surface area (Å²) in [6, 6.07) is 0. The van der Waals surface area contributed by atoms with Gasteiger partial charge in [0.05, 0.1) is 0 Å². The number of nitrogens with zero attached hydrogens (tertiary/aromatic N) is 2. The van der Waals surface area contributed by atoms with Gasteiger partial charge < -0.3 is 10.6 Å². The van der Waals surface area contributed by atoms with Gasteiger partial charge in [-0.05, 0) is 14.1 Å². The van der Waals surface area contributed by atoms with E-state index in [2.05, 4.69) is 10.6 Å². The van der Waals surface area contributed by atoms with Crippen molar-refractivity contribution in [2.24, 2.45) is 0 Å². The molecule has 0 aromatic heterocycles. The summed E-state index contributed by atoms with van der Waals surface area (Å²) in [5.41, 5.74) is -2.18. The van der Waals surface area contributed by atoms with E-state index >= 15 is 0 Å². The van der Waals surface area contributed by atoms with Gasteiger partial charge in [0.15, 0.2) is 0 Å². The molecule has 0 aliphatic rings. The quantitative estimate of drug-likeness (QED) is 0.306. The molecule has 0 bridgehead atoms. The first-order valence-corrected chi connectivity index (χ1v) is 3.59. The normalized spacial score (nSPS) is 11.2. The molecular formula is C5H12N4O4. The summed E-state index contributed by atoms with van der Waals surface area (Å²) in [4.78, 5) is 19.3. The lowest BCUT2D eigenvalue weighted by molar-refractivity contribution is -0.791. The maximum absolute atomic E-state index is 10.5. The lowest BCUT2D eigenvalue weighted by atomic mass is 10.2. The summed E-state index contributed by atoms with van der Waals surface area (Å²) >= 11 is 0. The molecule has 0 aromatic rings. The van der Waals surface area contributed by atoms with Crippen LogP contribution in [0, 0.1) is 20.2 Å². The summed E-state index contributed by atoms with van der Waals surface area (Å²) in [6.07, 6.45) is 0. The van der Waals surface area contributed by atoms with Gasteiger partial charge in [-0.15, -0.1) is 0 Å². The highest BCUT2D eigenvalue weighted by Crippen LogP contribution is 2.08. The largest absolute Gasteiger partial charge is 0.482 e. The smallest absolute Gasteiger partial charge is 0.307 e. The molecule has 0 aliphatic heterocycles. The first-order chi connectivity index (χ1) is 6.01. The van der Waals surface area contributed by atoms with E-state index in [4.69, 9.17) is 0 Å². The second-order valence-electron chi connectivity index (χ2n) is 2.56. The maximum atomic E-state index is 10.5. The average molecular weight is 192 g/mol. The van der Waals surface area contributed by atoms with E-state index in [1.807, 2.05) is 0 Å². The molecule has 0 fully saturated rings. The molecule has 0 rings (SSSR count). The summed E-state index contributed by atoms with van der Waals surface area (Å²) in [6.45, 7) is -0.623. The molecule has 0 spiro atoms. The summed E-state index contributed by atoms with van der Waals surface area (Å²) in [5.74, 6) is 0.